The molecule has 66 valence electrons. The number of carbonyl (C=O) groups excluding carboxylic acids is 1. The zero-order chi connectivity index (χ0) is 9.07. The molecule has 0 fully saturated rings. The summed E-state index contributed by atoms with van der Waals surface area (Å²) in [5.74, 6) is 0.252. The Hall–Kier alpha value is -0.530. The standard InChI is InChI=1S/C9H18O2/c1-7(9(2,3)4)6-8(10)11-5/h7H,6H2,1-5H3. The van der Waals surface area contributed by atoms with Crippen LogP contribution in [0.1, 0.15) is 34.1 Å². The van der Waals surface area contributed by atoms with Crippen molar-refractivity contribution in [2.45, 2.75) is 34.1 Å². The molecular formula is C9H18O2. The average molecular weight is 158 g/mol. The molecule has 0 spiro atoms. The molecule has 0 aromatic rings. The summed E-state index contributed by atoms with van der Waals surface area (Å²) in [6, 6.07) is 0. The summed E-state index contributed by atoms with van der Waals surface area (Å²) in [7, 11) is 1.43. The molecule has 2 nitrogen and oxygen atoms in total. The summed E-state index contributed by atoms with van der Waals surface area (Å²) >= 11 is 0. The van der Waals surface area contributed by atoms with E-state index in [1.165, 1.54) is 7.11 Å². The summed E-state index contributed by atoms with van der Waals surface area (Å²) in [6.45, 7) is 8.44. The molecular weight excluding hydrogens is 140 g/mol. The van der Waals surface area contributed by atoms with E-state index in [1.54, 1.807) is 0 Å². The van der Waals surface area contributed by atoms with Gasteiger partial charge in [0, 0.05) is 6.42 Å². The zero-order valence-corrected chi connectivity index (χ0v) is 8.10. The van der Waals surface area contributed by atoms with Crippen molar-refractivity contribution in [1.82, 2.24) is 0 Å². The van der Waals surface area contributed by atoms with Gasteiger partial charge in [0.15, 0.2) is 0 Å². The second kappa shape index (κ2) is 3.74. The third kappa shape index (κ3) is 4.02. The first kappa shape index (κ1) is 10.5. The van der Waals surface area contributed by atoms with Crippen molar-refractivity contribution < 1.29 is 9.53 Å². The van der Waals surface area contributed by atoms with Crippen LogP contribution in [0.15, 0.2) is 0 Å². The summed E-state index contributed by atoms with van der Waals surface area (Å²) in [5.41, 5.74) is 0.189. The Kier molecular flexibility index (Phi) is 3.56. The predicted octanol–water partition coefficient (Wildman–Crippen LogP) is 2.23. The molecule has 0 bridgehead atoms. The van der Waals surface area contributed by atoms with E-state index in [0.717, 1.165) is 0 Å². The first-order valence-electron chi connectivity index (χ1n) is 3.94. The first-order valence-corrected chi connectivity index (χ1v) is 3.94. The van der Waals surface area contributed by atoms with Crippen molar-refractivity contribution in [1.29, 1.82) is 0 Å². The molecule has 0 aromatic heterocycles. The van der Waals surface area contributed by atoms with Crippen LogP contribution in [-0.2, 0) is 9.53 Å². The molecule has 0 aliphatic carbocycles. The SMILES string of the molecule is COC(=O)CC(C)C(C)(C)C. The summed E-state index contributed by atoms with van der Waals surface area (Å²) in [5, 5.41) is 0. The van der Waals surface area contributed by atoms with E-state index >= 15 is 0 Å². The molecule has 0 aliphatic heterocycles. The maximum absolute atomic E-state index is 10.8. The minimum Gasteiger partial charge on any atom is -0.469 e. The molecule has 0 aromatic carbocycles. The van der Waals surface area contributed by atoms with Crippen molar-refractivity contribution in [2.75, 3.05) is 7.11 Å². The van der Waals surface area contributed by atoms with Crippen LogP contribution in [-0.4, -0.2) is 13.1 Å². The average Bonchev–Trinajstić information content (AvgIpc) is 1.85. The molecule has 0 rings (SSSR count). The third-order valence-electron chi connectivity index (χ3n) is 2.18. The third-order valence-corrected chi connectivity index (χ3v) is 2.18. The van der Waals surface area contributed by atoms with E-state index in [-0.39, 0.29) is 11.4 Å². The van der Waals surface area contributed by atoms with Gasteiger partial charge in [-0.25, -0.2) is 0 Å². The van der Waals surface area contributed by atoms with Gasteiger partial charge in [-0.1, -0.05) is 27.7 Å². The van der Waals surface area contributed by atoms with Crippen molar-refractivity contribution in [2.24, 2.45) is 11.3 Å². The maximum Gasteiger partial charge on any atom is 0.305 e. The van der Waals surface area contributed by atoms with Crippen molar-refractivity contribution in [3.05, 3.63) is 0 Å². The molecule has 0 saturated carbocycles. The minimum absolute atomic E-state index is 0.118. The minimum atomic E-state index is -0.118. The highest BCUT2D eigenvalue weighted by molar-refractivity contribution is 5.69. The molecule has 11 heavy (non-hydrogen) atoms. The van der Waals surface area contributed by atoms with Crippen LogP contribution in [0.5, 0.6) is 0 Å². The first-order chi connectivity index (χ1) is 4.88. The van der Waals surface area contributed by atoms with Crippen LogP contribution in [0.4, 0.5) is 0 Å². The zero-order valence-electron chi connectivity index (χ0n) is 8.10. The lowest BCUT2D eigenvalue weighted by atomic mass is 9.80. The van der Waals surface area contributed by atoms with Crippen LogP contribution in [0.3, 0.4) is 0 Å². The fourth-order valence-corrected chi connectivity index (χ4v) is 0.640. The maximum atomic E-state index is 10.8. The van der Waals surface area contributed by atoms with E-state index in [2.05, 4.69) is 32.4 Å². The Labute approximate surface area is 68.9 Å². The molecule has 0 radical (unpaired) electrons. The fraction of sp³-hybridized carbons (Fsp3) is 0.889. The van der Waals surface area contributed by atoms with Gasteiger partial charge in [0.1, 0.15) is 0 Å². The predicted molar refractivity (Wildman–Crippen MR) is 45.3 cm³/mol. The Balaban J connectivity index is 3.87. The molecule has 0 aliphatic rings. The molecule has 2 heteroatoms. The van der Waals surface area contributed by atoms with Crippen molar-refractivity contribution in [3.8, 4) is 0 Å². The van der Waals surface area contributed by atoms with Crippen molar-refractivity contribution in [3.63, 3.8) is 0 Å². The topological polar surface area (TPSA) is 26.3 Å². The van der Waals surface area contributed by atoms with E-state index in [0.29, 0.717) is 12.3 Å². The van der Waals surface area contributed by atoms with Gasteiger partial charge in [-0.15, -0.1) is 0 Å². The largest absolute Gasteiger partial charge is 0.469 e. The van der Waals surface area contributed by atoms with Gasteiger partial charge in [-0.3, -0.25) is 4.79 Å². The Morgan fingerprint density at radius 1 is 1.45 bits per heavy atom. The van der Waals surface area contributed by atoms with Crippen LogP contribution in [0.2, 0.25) is 0 Å². The number of hydrogen-bond donors (Lipinski definition) is 0. The van der Waals surface area contributed by atoms with E-state index in [9.17, 15) is 4.79 Å². The molecule has 1 unspecified atom stereocenters. The van der Waals surface area contributed by atoms with Gasteiger partial charge in [0.2, 0.25) is 0 Å². The van der Waals surface area contributed by atoms with Gasteiger partial charge in [-0.2, -0.15) is 0 Å². The second-order valence-corrected chi connectivity index (χ2v) is 4.05. The lowest BCUT2D eigenvalue weighted by Gasteiger charge is -2.25. The summed E-state index contributed by atoms with van der Waals surface area (Å²) < 4.78 is 4.58. The van der Waals surface area contributed by atoms with Gasteiger partial charge < -0.3 is 4.74 Å². The second-order valence-electron chi connectivity index (χ2n) is 4.05. The molecule has 0 amide bonds. The number of carbonyl (C=O) groups is 1. The summed E-state index contributed by atoms with van der Waals surface area (Å²) in [6.07, 6.45) is 0.514. The highest BCUT2D eigenvalue weighted by atomic mass is 16.5. The smallest absolute Gasteiger partial charge is 0.305 e. The fourth-order valence-electron chi connectivity index (χ4n) is 0.640. The van der Waals surface area contributed by atoms with E-state index in [4.69, 9.17) is 0 Å². The lowest BCUT2D eigenvalue weighted by molar-refractivity contribution is -0.142. The van der Waals surface area contributed by atoms with Gasteiger partial charge in [-0.05, 0) is 11.3 Å². The van der Waals surface area contributed by atoms with Crippen LogP contribution in [0, 0.1) is 11.3 Å². The van der Waals surface area contributed by atoms with Crippen LogP contribution >= 0.6 is 0 Å². The monoisotopic (exact) mass is 158 g/mol. The summed E-state index contributed by atoms with van der Waals surface area (Å²) in [4.78, 5) is 10.8. The molecule has 0 N–H and O–H groups in total. The van der Waals surface area contributed by atoms with Gasteiger partial charge >= 0.3 is 5.97 Å². The van der Waals surface area contributed by atoms with E-state index in [1.807, 2.05) is 0 Å². The van der Waals surface area contributed by atoms with E-state index < -0.39 is 0 Å². The van der Waals surface area contributed by atoms with Crippen LogP contribution < -0.4 is 0 Å². The molecule has 1 atom stereocenters. The lowest BCUT2D eigenvalue weighted by Crippen LogP contribution is -2.20. The number of esters is 1. The highest BCUT2D eigenvalue weighted by Gasteiger charge is 2.22. The van der Waals surface area contributed by atoms with Crippen LogP contribution in [0.25, 0.3) is 0 Å². The Morgan fingerprint density at radius 2 is 1.91 bits per heavy atom. The molecule has 0 heterocycles. The number of methoxy groups -OCH3 is 1. The highest BCUT2D eigenvalue weighted by Crippen LogP contribution is 2.27. The van der Waals surface area contributed by atoms with Crippen molar-refractivity contribution >= 4 is 5.97 Å². The quantitative estimate of drug-likeness (QED) is 0.576. The molecule has 0 saturated heterocycles. The Bertz CT molecular complexity index is 133. The number of ether oxygens (including phenoxy) is 1. The number of hydrogen-bond acceptors (Lipinski definition) is 2. The van der Waals surface area contributed by atoms with Gasteiger partial charge in [0.25, 0.3) is 0 Å². The Morgan fingerprint density at radius 3 is 2.18 bits per heavy atom. The number of rotatable bonds is 2. The normalized spacial score (nSPS) is 14.3. The van der Waals surface area contributed by atoms with Gasteiger partial charge in [0.05, 0.1) is 7.11 Å².